The van der Waals surface area contributed by atoms with E-state index >= 15 is 0 Å². The normalized spacial score (nSPS) is 14.9. The zero-order valence-corrected chi connectivity index (χ0v) is 20.7. The molecule has 0 spiro atoms. The number of carbonyl (C=O) groups excluding carboxylic acids is 1. The Morgan fingerprint density at radius 2 is 1.78 bits per heavy atom. The fourth-order valence-corrected chi connectivity index (χ4v) is 5.48. The van der Waals surface area contributed by atoms with Gasteiger partial charge in [-0.2, -0.15) is 0 Å². The van der Waals surface area contributed by atoms with Gasteiger partial charge in [-0.05, 0) is 61.0 Å². The second kappa shape index (κ2) is 9.58. The number of nitrogens with zero attached hydrogens (tertiary/aromatic N) is 2. The van der Waals surface area contributed by atoms with Crippen LogP contribution in [0.3, 0.4) is 0 Å². The molecule has 32 heavy (non-hydrogen) atoms. The number of hydrogen-bond donors (Lipinski definition) is 0. The van der Waals surface area contributed by atoms with E-state index in [1.54, 1.807) is 30.3 Å². The second-order valence-corrected chi connectivity index (χ2v) is 10.6. The molecule has 0 unspecified atom stereocenters. The molecular formula is C23H15BrN2O3S3. The highest BCUT2D eigenvalue weighted by molar-refractivity contribution is 9.10. The van der Waals surface area contributed by atoms with Crippen LogP contribution in [0.2, 0.25) is 0 Å². The first-order valence-electron chi connectivity index (χ1n) is 9.38. The fraction of sp³-hybridized carbons (Fsp3) is 0.0435. The van der Waals surface area contributed by atoms with Gasteiger partial charge in [-0.3, -0.25) is 19.8 Å². The van der Waals surface area contributed by atoms with Crippen LogP contribution in [0.4, 0.5) is 11.4 Å². The Kier molecular flexibility index (Phi) is 6.80. The number of thioether (sulfide) groups is 1. The first-order valence-corrected chi connectivity index (χ1v) is 12.2. The fourth-order valence-electron chi connectivity index (χ4n) is 3.02. The van der Waals surface area contributed by atoms with Crippen LogP contribution in [0.25, 0.3) is 6.08 Å². The summed E-state index contributed by atoms with van der Waals surface area (Å²) in [5, 5.41) is 11.7. The van der Waals surface area contributed by atoms with E-state index in [0.717, 1.165) is 14.9 Å². The van der Waals surface area contributed by atoms with Gasteiger partial charge in [0.15, 0.2) is 4.32 Å². The number of hydrogen-bond acceptors (Lipinski definition) is 6. The topological polar surface area (TPSA) is 63.5 Å². The van der Waals surface area contributed by atoms with Gasteiger partial charge in [0.2, 0.25) is 0 Å². The molecule has 1 aliphatic heterocycles. The number of nitro benzene ring substituents is 1. The largest absolute Gasteiger partial charge is 0.283 e. The monoisotopic (exact) mass is 542 g/mol. The van der Waals surface area contributed by atoms with Crippen LogP contribution < -0.4 is 4.90 Å². The lowest BCUT2D eigenvalue weighted by molar-refractivity contribution is -0.387. The number of benzene rings is 3. The zero-order valence-electron chi connectivity index (χ0n) is 16.7. The van der Waals surface area contributed by atoms with E-state index in [9.17, 15) is 14.9 Å². The van der Waals surface area contributed by atoms with Gasteiger partial charge in [0.05, 0.1) is 20.4 Å². The molecule has 0 atom stereocenters. The van der Waals surface area contributed by atoms with Crippen LogP contribution in [-0.4, -0.2) is 15.2 Å². The lowest BCUT2D eigenvalue weighted by Crippen LogP contribution is -2.27. The molecule has 0 saturated carbocycles. The maximum atomic E-state index is 13.0. The van der Waals surface area contributed by atoms with Crippen molar-refractivity contribution < 1.29 is 9.72 Å². The Bertz CT molecular complexity index is 1260. The molecule has 5 nitrogen and oxygen atoms in total. The third-order valence-electron chi connectivity index (χ3n) is 4.60. The van der Waals surface area contributed by atoms with E-state index in [0.29, 0.717) is 25.4 Å². The Morgan fingerprint density at radius 1 is 1.09 bits per heavy atom. The average molecular weight is 543 g/mol. The molecule has 0 bridgehead atoms. The number of carbonyl (C=O) groups is 1. The van der Waals surface area contributed by atoms with Gasteiger partial charge >= 0.3 is 0 Å². The number of anilines is 1. The molecule has 0 aromatic heterocycles. The van der Waals surface area contributed by atoms with Gasteiger partial charge in [-0.15, -0.1) is 0 Å². The molecule has 0 N–H and O–H groups in total. The predicted molar refractivity (Wildman–Crippen MR) is 138 cm³/mol. The Hall–Kier alpha value is -2.46. The Labute approximate surface area is 207 Å². The van der Waals surface area contributed by atoms with E-state index in [4.69, 9.17) is 12.2 Å². The van der Waals surface area contributed by atoms with Gasteiger partial charge in [-0.25, -0.2) is 0 Å². The van der Waals surface area contributed by atoms with Crippen molar-refractivity contribution in [3.63, 3.8) is 0 Å². The van der Waals surface area contributed by atoms with Crippen molar-refractivity contribution in [1.29, 1.82) is 0 Å². The van der Waals surface area contributed by atoms with E-state index in [1.165, 1.54) is 34.5 Å². The molecule has 1 saturated heterocycles. The first kappa shape index (κ1) is 22.7. The summed E-state index contributed by atoms with van der Waals surface area (Å²) in [6, 6.07) is 20.1. The zero-order chi connectivity index (χ0) is 22.8. The van der Waals surface area contributed by atoms with E-state index in [-0.39, 0.29) is 11.6 Å². The smallest absolute Gasteiger partial charge is 0.268 e. The quantitative estimate of drug-likeness (QED) is 0.147. The maximum Gasteiger partial charge on any atom is 0.283 e. The Morgan fingerprint density at radius 3 is 2.44 bits per heavy atom. The lowest BCUT2D eigenvalue weighted by atomic mass is 10.2. The molecule has 1 heterocycles. The van der Waals surface area contributed by atoms with Gasteiger partial charge < -0.3 is 0 Å². The highest BCUT2D eigenvalue weighted by Gasteiger charge is 2.33. The van der Waals surface area contributed by atoms with Gasteiger partial charge in [-0.1, -0.05) is 75.4 Å². The van der Waals surface area contributed by atoms with Crippen LogP contribution in [0.5, 0.6) is 0 Å². The number of halogens is 1. The van der Waals surface area contributed by atoms with Crippen LogP contribution in [0, 0.1) is 17.0 Å². The van der Waals surface area contributed by atoms with Crippen LogP contribution in [0.1, 0.15) is 11.1 Å². The second-order valence-electron chi connectivity index (χ2n) is 6.89. The van der Waals surface area contributed by atoms with Crippen molar-refractivity contribution in [2.45, 2.75) is 16.7 Å². The molecular weight excluding hydrogens is 528 g/mol. The van der Waals surface area contributed by atoms with Crippen LogP contribution in [-0.2, 0) is 4.79 Å². The molecule has 3 aromatic rings. The van der Waals surface area contributed by atoms with Crippen LogP contribution >= 0.6 is 51.7 Å². The summed E-state index contributed by atoms with van der Waals surface area (Å²) in [6.07, 6.45) is 1.64. The number of thiocarbonyl (C=S) groups is 1. The minimum Gasteiger partial charge on any atom is -0.268 e. The molecule has 4 rings (SSSR count). The lowest BCUT2D eigenvalue weighted by Gasteiger charge is -2.14. The number of rotatable bonds is 5. The van der Waals surface area contributed by atoms with Crippen molar-refractivity contribution in [2.75, 3.05) is 4.90 Å². The van der Waals surface area contributed by atoms with Crippen molar-refractivity contribution in [2.24, 2.45) is 0 Å². The van der Waals surface area contributed by atoms with Crippen molar-refractivity contribution in [1.82, 2.24) is 0 Å². The minimum atomic E-state index is -0.402. The molecule has 1 aliphatic rings. The molecule has 1 amide bonds. The molecule has 3 aromatic carbocycles. The summed E-state index contributed by atoms with van der Waals surface area (Å²) in [7, 11) is 0. The molecule has 0 aliphatic carbocycles. The highest BCUT2D eigenvalue weighted by atomic mass is 79.9. The van der Waals surface area contributed by atoms with Crippen molar-refractivity contribution in [3.05, 3.63) is 97.3 Å². The maximum absolute atomic E-state index is 13.0. The summed E-state index contributed by atoms with van der Waals surface area (Å²) in [5.74, 6) is -0.247. The number of aryl methyl sites for hydroxylation is 1. The Balaban J connectivity index is 1.62. The van der Waals surface area contributed by atoms with Crippen molar-refractivity contribution in [3.8, 4) is 0 Å². The standard InChI is InChI=1S/C23H15BrN2O3S3/c1-14-2-9-18(10-3-14)31-20-11-4-15(12-19(20)26(28)29)13-21-22(27)25(23(30)32-21)17-7-5-16(24)6-8-17/h2-13H,1H3. The summed E-state index contributed by atoms with van der Waals surface area (Å²) >= 11 is 11.3. The average Bonchev–Trinajstić information content (AvgIpc) is 3.04. The van der Waals surface area contributed by atoms with E-state index < -0.39 is 4.92 Å². The number of amides is 1. The SMILES string of the molecule is Cc1ccc(Sc2ccc(C=C3SC(=S)N(c4ccc(Br)cc4)C3=O)cc2[N+](=O)[O-])cc1. The van der Waals surface area contributed by atoms with Crippen molar-refractivity contribution >= 4 is 79.4 Å². The molecule has 0 radical (unpaired) electrons. The summed E-state index contributed by atoms with van der Waals surface area (Å²) in [5.41, 5.74) is 2.36. The van der Waals surface area contributed by atoms with E-state index in [2.05, 4.69) is 15.9 Å². The van der Waals surface area contributed by atoms with Gasteiger partial charge in [0.25, 0.3) is 11.6 Å². The third-order valence-corrected chi connectivity index (χ3v) is 7.51. The van der Waals surface area contributed by atoms with Crippen LogP contribution in [0.15, 0.2) is 85.9 Å². The van der Waals surface area contributed by atoms with Gasteiger partial charge in [0.1, 0.15) is 0 Å². The first-order chi connectivity index (χ1) is 15.3. The molecule has 1 fully saturated rings. The summed E-state index contributed by atoms with van der Waals surface area (Å²) in [4.78, 5) is 27.6. The van der Waals surface area contributed by atoms with Gasteiger partial charge in [0, 0.05) is 15.4 Å². The minimum absolute atomic E-state index is 0.00675. The highest BCUT2D eigenvalue weighted by Crippen LogP contribution is 2.39. The summed E-state index contributed by atoms with van der Waals surface area (Å²) < 4.78 is 1.32. The third kappa shape index (κ3) is 4.96. The van der Waals surface area contributed by atoms with E-state index in [1.807, 2.05) is 43.3 Å². The summed E-state index contributed by atoms with van der Waals surface area (Å²) in [6.45, 7) is 1.99. The molecule has 160 valence electrons. The predicted octanol–water partition coefficient (Wildman–Crippen LogP) is 7.22. The molecule has 9 heteroatoms. The number of nitro groups is 1.